The molecule has 3 aromatic rings. The van der Waals surface area contributed by atoms with E-state index in [2.05, 4.69) is 10.3 Å². The van der Waals surface area contributed by atoms with Crippen LogP contribution in [0.15, 0.2) is 45.8 Å². The van der Waals surface area contributed by atoms with Gasteiger partial charge in [0.2, 0.25) is 5.76 Å². The molecule has 2 aromatic heterocycles. The molecule has 0 bridgehead atoms. The summed E-state index contributed by atoms with van der Waals surface area (Å²) in [7, 11) is 2.99. The van der Waals surface area contributed by atoms with E-state index < -0.39 is 5.91 Å². The van der Waals surface area contributed by atoms with Gasteiger partial charge < -0.3 is 23.6 Å². The maximum Gasteiger partial charge on any atom is 0.278 e. The number of anilines is 1. The number of carbonyl (C=O) groups excluding carboxylic acids is 1. The van der Waals surface area contributed by atoms with Gasteiger partial charge in [-0.1, -0.05) is 11.6 Å². The topological polar surface area (TPSA) is 86.7 Å². The first-order valence-electron chi connectivity index (χ1n) is 6.84. The number of nitrogens with zero attached hydrogens (tertiary/aromatic N) is 1. The van der Waals surface area contributed by atoms with Gasteiger partial charge in [0.15, 0.2) is 29.3 Å². The third kappa shape index (κ3) is 2.93. The fourth-order valence-corrected chi connectivity index (χ4v) is 2.32. The molecular formula is C16H13ClN2O5. The van der Waals surface area contributed by atoms with Crippen molar-refractivity contribution in [1.82, 2.24) is 4.98 Å². The first kappa shape index (κ1) is 15.9. The van der Waals surface area contributed by atoms with Gasteiger partial charge in [0.05, 0.1) is 31.2 Å². The van der Waals surface area contributed by atoms with E-state index in [9.17, 15) is 4.79 Å². The Balaban J connectivity index is 1.90. The average Bonchev–Trinajstić information content (AvgIpc) is 3.26. The Morgan fingerprint density at radius 2 is 1.96 bits per heavy atom. The van der Waals surface area contributed by atoms with Crippen molar-refractivity contribution in [2.45, 2.75) is 0 Å². The minimum absolute atomic E-state index is 0.0794. The largest absolute Gasteiger partial charge is 0.493 e. The van der Waals surface area contributed by atoms with E-state index >= 15 is 0 Å². The van der Waals surface area contributed by atoms with Crippen LogP contribution in [-0.4, -0.2) is 25.1 Å². The Morgan fingerprint density at radius 1 is 1.21 bits per heavy atom. The van der Waals surface area contributed by atoms with E-state index in [4.69, 9.17) is 29.9 Å². The number of rotatable bonds is 5. The monoisotopic (exact) mass is 348 g/mol. The molecule has 3 rings (SSSR count). The van der Waals surface area contributed by atoms with E-state index in [-0.39, 0.29) is 11.5 Å². The van der Waals surface area contributed by atoms with Crippen molar-refractivity contribution in [1.29, 1.82) is 0 Å². The third-order valence-electron chi connectivity index (χ3n) is 3.25. The number of furan rings is 1. The Hall–Kier alpha value is -2.93. The van der Waals surface area contributed by atoms with Crippen molar-refractivity contribution in [3.05, 3.63) is 47.6 Å². The Kier molecular flexibility index (Phi) is 4.43. The molecule has 1 N–H and O–H groups in total. The van der Waals surface area contributed by atoms with Crippen LogP contribution in [0.5, 0.6) is 11.5 Å². The Morgan fingerprint density at radius 3 is 2.62 bits per heavy atom. The van der Waals surface area contributed by atoms with Gasteiger partial charge in [-0.25, -0.2) is 4.98 Å². The van der Waals surface area contributed by atoms with Gasteiger partial charge >= 0.3 is 0 Å². The maximum atomic E-state index is 12.5. The first-order valence-corrected chi connectivity index (χ1v) is 7.22. The lowest BCUT2D eigenvalue weighted by Gasteiger charge is -2.12. The molecule has 0 unspecified atom stereocenters. The summed E-state index contributed by atoms with van der Waals surface area (Å²) in [6, 6.07) is 6.46. The van der Waals surface area contributed by atoms with Crippen LogP contribution in [0.1, 0.15) is 10.5 Å². The molecule has 0 aliphatic heterocycles. The molecule has 0 fully saturated rings. The minimum atomic E-state index is -0.496. The molecule has 0 aliphatic carbocycles. The number of ether oxygens (including phenoxy) is 2. The second-order valence-electron chi connectivity index (χ2n) is 4.65. The summed E-state index contributed by atoms with van der Waals surface area (Å²) >= 11 is 6.17. The highest BCUT2D eigenvalue weighted by Crippen LogP contribution is 2.36. The molecule has 0 radical (unpaired) electrons. The quantitative estimate of drug-likeness (QED) is 0.753. The minimum Gasteiger partial charge on any atom is -0.493 e. The number of hydrogen-bond acceptors (Lipinski definition) is 6. The van der Waals surface area contributed by atoms with Gasteiger partial charge in [0.1, 0.15) is 0 Å². The lowest BCUT2D eigenvalue weighted by atomic mass is 10.2. The molecule has 24 heavy (non-hydrogen) atoms. The number of oxazole rings is 1. The highest BCUT2D eigenvalue weighted by atomic mass is 35.5. The number of amides is 1. The van der Waals surface area contributed by atoms with E-state index in [0.29, 0.717) is 28.0 Å². The van der Waals surface area contributed by atoms with E-state index in [0.717, 1.165) is 0 Å². The maximum absolute atomic E-state index is 12.5. The predicted octanol–water partition coefficient (Wildman–Crippen LogP) is 3.86. The molecular weight excluding hydrogens is 336 g/mol. The number of hydrogen-bond donors (Lipinski definition) is 1. The molecule has 0 spiro atoms. The molecule has 0 atom stereocenters. The second kappa shape index (κ2) is 6.67. The normalized spacial score (nSPS) is 10.5. The lowest BCUT2D eigenvalue weighted by molar-refractivity contribution is 0.102. The third-order valence-corrected chi connectivity index (χ3v) is 3.56. The highest BCUT2D eigenvalue weighted by molar-refractivity contribution is 6.34. The highest BCUT2D eigenvalue weighted by Gasteiger charge is 2.21. The van der Waals surface area contributed by atoms with Crippen molar-refractivity contribution < 1.29 is 23.1 Å². The number of halogens is 1. The standard InChI is InChI=1S/C16H13ClN2O5/c1-21-12-6-9(17)10(7-13(12)22-2)19-16(20)14-15(24-8-18-14)11-4-3-5-23-11/h3-8H,1-2H3,(H,19,20). The van der Waals surface area contributed by atoms with Gasteiger partial charge in [-0.3, -0.25) is 4.79 Å². The van der Waals surface area contributed by atoms with Gasteiger partial charge in [-0.2, -0.15) is 0 Å². The molecule has 124 valence electrons. The molecule has 8 heteroatoms. The number of aromatic nitrogens is 1. The summed E-state index contributed by atoms with van der Waals surface area (Å²) in [5, 5.41) is 2.97. The average molecular weight is 349 g/mol. The summed E-state index contributed by atoms with van der Waals surface area (Å²) in [5.74, 6) is 1.02. The van der Waals surface area contributed by atoms with Crippen LogP contribution in [0.2, 0.25) is 5.02 Å². The SMILES string of the molecule is COc1cc(Cl)c(NC(=O)c2ncoc2-c2ccco2)cc1OC. The van der Waals surface area contributed by atoms with Crippen LogP contribution in [0.25, 0.3) is 11.5 Å². The van der Waals surface area contributed by atoms with Crippen LogP contribution in [0, 0.1) is 0 Å². The summed E-state index contributed by atoms with van der Waals surface area (Å²) < 4.78 is 20.8. The number of methoxy groups -OCH3 is 2. The van der Waals surface area contributed by atoms with Gasteiger partial charge in [0, 0.05) is 12.1 Å². The first-order chi connectivity index (χ1) is 11.6. The molecule has 0 saturated heterocycles. The summed E-state index contributed by atoms with van der Waals surface area (Å²) in [4.78, 5) is 16.4. The molecule has 0 saturated carbocycles. The second-order valence-corrected chi connectivity index (χ2v) is 5.06. The van der Waals surface area contributed by atoms with E-state index in [1.165, 1.54) is 26.9 Å². The molecule has 7 nitrogen and oxygen atoms in total. The van der Waals surface area contributed by atoms with Gasteiger partial charge in [-0.05, 0) is 12.1 Å². The zero-order valence-electron chi connectivity index (χ0n) is 12.8. The molecule has 1 amide bonds. The summed E-state index contributed by atoms with van der Waals surface area (Å²) in [6.07, 6.45) is 2.65. The molecule has 1 aromatic carbocycles. The Labute approximate surface area is 142 Å². The van der Waals surface area contributed by atoms with Crippen molar-refractivity contribution in [3.8, 4) is 23.0 Å². The predicted molar refractivity (Wildman–Crippen MR) is 86.7 cm³/mol. The molecule has 2 heterocycles. The van der Waals surface area contributed by atoms with Crippen LogP contribution < -0.4 is 14.8 Å². The van der Waals surface area contributed by atoms with Crippen molar-refractivity contribution >= 4 is 23.2 Å². The van der Waals surface area contributed by atoms with Crippen molar-refractivity contribution in [3.63, 3.8) is 0 Å². The fourth-order valence-electron chi connectivity index (χ4n) is 2.12. The van der Waals surface area contributed by atoms with Gasteiger partial charge in [-0.15, -0.1) is 0 Å². The Bertz CT molecular complexity index is 857. The number of benzene rings is 1. The zero-order chi connectivity index (χ0) is 17.1. The smallest absolute Gasteiger partial charge is 0.278 e. The fraction of sp³-hybridized carbons (Fsp3) is 0.125. The zero-order valence-corrected chi connectivity index (χ0v) is 13.6. The van der Waals surface area contributed by atoms with Crippen molar-refractivity contribution in [2.75, 3.05) is 19.5 Å². The van der Waals surface area contributed by atoms with Crippen LogP contribution in [-0.2, 0) is 0 Å². The van der Waals surface area contributed by atoms with Crippen LogP contribution in [0.4, 0.5) is 5.69 Å². The van der Waals surface area contributed by atoms with E-state index in [1.54, 1.807) is 24.3 Å². The van der Waals surface area contributed by atoms with Crippen LogP contribution >= 0.6 is 11.6 Å². The van der Waals surface area contributed by atoms with E-state index in [1.807, 2.05) is 0 Å². The number of nitrogens with one attached hydrogen (secondary N) is 1. The lowest BCUT2D eigenvalue weighted by Crippen LogP contribution is -2.14. The van der Waals surface area contributed by atoms with Crippen LogP contribution in [0.3, 0.4) is 0 Å². The summed E-state index contributed by atoms with van der Waals surface area (Å²) in [6.45, 7) is 0. The van der Waals surface area contributed by atoms with Crippen molar-refractivity contribution in [2.24, 2.45) is 0 Å². The van der Waals surface area contributed by atoms with Gasteiger partial charge in [0.25, 0.3) is 5.91 Å². The number of carbonyl (C=O) groups is 1. The molecule has 0 aliphatic rings. The summed E-state index contributed by atoms with van der Waals surface area (Å²) in [5.41, 5.74) is 0.434.